The molecule has 4 heteroatoms. The third-order valence-electron chi connectivity index (χ3n) is 3.61. The molecule has 0 spiro atoms. The Morgan fingerprint density at radius 3 is 2.39 bits per heavy atom. The van der Waals surface area contributed by atoms with Crippen molar-refractivity contribution in [2.24, 2.45) is 0 Å². The molecule has 0 aliphatic carbocycles. The Labute approximate surface area is 137 Å². The summed E-state index contributed by atoms with van der Waals surface area (Å²) in [5.41, 5.74) is 2.91. The number of anilines is 1. The second-order valence-corrected chi connectivity index (χ2v) is 5.65. The lowest BCUT2D eigenvalue weighted by Gasteiger charge is -2.20. The van der Waals surface area contributed by atoms with Crippen molar-refractivity contribution < 1.29 is 9.53 Å². The first-order valence-electron chi connectivity index (χ1n) is 7.82. The fraction of sp³-hybridized carbons (Fsp3) is 0.316. The molecular formula is C19H24N2O2. The second-order valence-electron chi connectivity index (χ2n) is 5.65. The molecule has 0 saturated carbocycles. The number of methoxy groups -OCH3 is 1. The predicted octanol–water partition coefficient (Wildman–Crippen LogP) is 3.31. The summed E-state index contributed by atoms with van der Waals surface area (Å²) in [5, 5.41) is 6.24. The summed E-state index contributed by atoms with van der Waals surface area (Å²) >= 11 is 0. The Morgan fingerprint density at radius 1 is 1.04 bits per heavy atom. The molecule has 0 saturated heterocycles. The van der Waals surface area contributed by atoms with Crippen LogP contribution in [0.25, 0.3) is 11.1 Å². The number of carbonyl (C=O) groups excluding carboxylic acids is 1. The highest BCUT2D eigenvalue weighted by Gasteiger charge is 2.16. The quantitative estimate of drug-likeness (QED) is 0.825. The van der Waals surface area contributed by atoms with Crippen molar-refractivity contribution in [1.29, 1.82) is 0 Å². The Balaban J connectivity index is 2.10. The zero-order valence-electron chi connectivity index (χ0n) is 13.9. The molecular weight excluding hydrogens is 288 g/mol. The molecule has 4 nitrogen and oxygen atoms in total. The molecule has 0 unspecified atom stereocenters. The number of nitrogens with one attached hydrogen (secondary N) is 2. The van der Waals surface area contributed by atoms with E-state index in [1.807, 2.05) is 68.4 Å². The molecule has 0 fully saturated rings. The van der Waals surface area contributed by atoms with E-state index in [0.29, 0.717) is 6.61 Å². The highest BCUT2D eigenvalue weighted by atomic mass is 16.5. The first kappa shape index (κ1) is 17.2. The highest BCUT2D eigenvalue weighted by molar-refractivity contribution is 5.98. The summed E-state index contributed by atoms with van der Waals surface area (Å²) in [4.78, 5) is 12.4. The number of rotatable bonds is 7. The van der Waals surface area contributed by atoms with Gasteiger partial charge in [0.1, 0.15) is 0 Å². The smallest absolute Gasteiger partial charge is 0.241 e. The van der Waals surface area contributed by atoms with Crippen molar-refractivity contribution in [2.45, 2.75) is 25.9 Å². The molecule has 23 heavy (non-hydrogen) atoms. The van der Waals surface area contributed by atoms with Gasteiger partial charge in [-0.1, -0.05) is 48.5 Å². The van der Waals surface area contributed by atoms with Crippen molar-refractivity contribution >= 4 is 11.6 Å². The van der Waals surface area contributed by atoms with Gasteiger partial charge < -0.3 is 15.4 Å². The number of benzene rings is 2. The van der Waals surface area contributed by atoms with Crippen molar-refractivity contribution in [3.8, 4) is 11.1 Å². The number of amides is 1. The zero-order chi connectivity index (χ0) is 16.7. The number of para-hydroxylation sites is 1. The maximum absolute atomic E-state index is 12.4. The lowest BCUT2D eigenvalue weighted by Crippen LogP contribution is -2.44. The fourth-order valence-corrected chi connectivity index (χ4v) is 2.50. The van der Waals surface area contributed by atoms with Gasteiger partial charge in [0.05, 0.1) is 12.6 Å². The van der Waals surface area contributed by atoms with E-state index < -0.39 is 0 Å². The van der Waals surface area contributed by atoms with E-state index in [-0.39, 0.29) is 18.0 Å². The molecule has 1 amide bonds. The van der Waals surface area contributed by atoms with Crippen molar-refractivity contribution in [3.05, 3.63) is 54.6 Å². The molecule has 2 rings (SSSR count). The van der Waals surface area contributed by atoms with E-state index in [0.717, 1.165) is 16.8 Å². The molecule has 0 radical (unpaired) electrons. The van der Waals surface area contributed by atoms with Gasteiger partial charge in [-0.3, -0.25) is 4.79 Å². The predicted molar refractivity (Wildman–Crippen MR) is 94.4 cm³/mol. The normalized spacial score (nSPS) is 13.3. The summed E-state index contributed by atoms with van der Waals surface area (Å²) in [5.74, 6) is -0.0589. The van der Waals surface area contributed by atoms with Crippen molar-refractivity contribution in [1.82, 2.24) is 5.32 Å². The van der Waals surface area contributed by atoms with Crippen molar-refractivity contribution in [2.75, 3.05) is 19.0 Å². The van der Waals surface area contributed by atoms with E-state index in [2.05, 4.69) is 10.6 Å². The second kappa shape index (κ2) is 8.46. The lowest BCUT2D eigenvalue weighted by atomic mass is 10.0. The van der Waals surface area contributed by atoms with Gasteiger partial charge in [-0.05, 0) is 25.5 Å². The molecule has 2 aromatic carbocycles. The van der Waals surface area contributed by atoms with Crippen LogP contribution in [-0.4, -0.2) is 31.7 Å². The van der Waals surface area contributed by atoms with E-state index >= 15 is 0 Å². The average Bonchev–Trinajstić information content (AvgIpc) is 2.56. The van der Waals surface area contributed by atoms with Crippen LogP contribution in [0.2, 0.25) is 0 Å². The molecule has 2 N–H and O–H groups in total. The van der Waals surface area contributed by atoms with Crippen LogP contribution in [0.15, 0.2) is 54.6 Å². The fourth-order valence-electron chi connectivity index (χ4n) is 2.50. The van der Waals surface area contributed by atoms with Crippen LogP contribution in [0.5, 0.6) is 0 Å². The molecule has 2 aromatic rings. The van der Waals surface area contributed by atoms with Crippen LogP contribution in [0.4, 0.5) is 5.69 Å². The van der Waals surface area contributed by atoms with Gasteiger partial charge in [-0.25, -0.2) is 0 Å². The molecule has 0 aliphatic rings. The van der Waals surface area contributed by atoms with Gasteiger partial charge in [0.25, 0.3) is 0 Å². The van der Waals surface area contributed by atoms with Crippen LogP contribution in [0.1, 0.15) is 13.8 Å². The van der Waals surface area contributed by atoms with Crippen LogP contribution in [0, 0.1) is 0 Å². The van der Waals surface area contributed by atoms with Gasteiger partial charge in [0.2, 0.25) is 5.91 Å². The van der Waals surface area contributed by atoms with Gasteiger partial charge in [0, 0.05) is 24.4 Å². The summed E-state index contributed by atoms with van der Waals surface area (Å²) in [6.45, 7) is 4.41. The molecule has 122 valence electrons. The minimum absolute atomic E-state index is 0.0589. The molecule has 0 aromatic heterocycles. The third-order valence-corrected chi connectivity index (χ3v) is 3.61. The Kier molecular flexibility index (Phi) is 6.32. The number of hydrogen-bond acceptors (Lipinski definition) is 3. The van der Waals surface area contributed by atoms with Gasteiger partial charge in [-0.15, -0.1) is 0 Å². The van der Waals surface area contributed by atoms with E-state index in [1.165, 1.54) is 0 Å². The number of ether oxygens (including phenoxy) is 1. The van der Waals surface area contributed by atoms with Crippen LogP contribution < -0.4 is 10.6 Å². The minimum atomic E-state index is -0.302. The summed E-state index contributed by atoms with van der Waals surface area (Å²) < 4.78 is 5.09. The monoisotopic (exact) mass is 312 g/mol. The van der Waals surface area contributed by atoms with E-state index in [4.69, 9.17) is 4.74 Å². The maximum atomic E-state index is 12.4. The molecule has 0 bridgehead atoms. The first-order valence-corrected chi connectivity index (χ1v) is 7.82. The standard InChI is InChI=1S/C19H24N2O2/c1-14(13-23-3)20-15(2)19(22)21-18-12-8-7-11-17(18)16-9-5-4-6-10-16/h4-12,14-15,20H,13H2,1-3H3,(H,21,22)/t14-,15-/m0/s1. The van der Waals surface area contributed by atoms with Crippen LogP contribution >= 0.6 is 0 Å². The number of hydrogen-bond donors (Lipinski definition) is 2. The largest absolute Gasteiger partial charge is 0.383 e. The average molecular weight is 312 g/mol. The van der Waals surface area contributed by atoms with Crippen LogP contribution in [-0.2, 0) is 9.53 Å². The third kappa shape index (κ3) is 4.91. The summed E-state index contributed by atoms with van der Waals surface area (Å²) in [6, 6.07) is 17.7. The first-order chi connectivity index (χ1) is 11.1. The Hall–Kier alpha value is -2.17. The minimum Gasteiger partial charge on any atom is -0.383 e. The summed E-state index contributed by atoms with van der Waals surface area (Å²) in [6.07, 6.45) is 0. The Morgan fingerprint density at radius 2 is 1.70 bits per heavy atom. The van der Waals surface area contributed by atoms with Gasteiger partial charge in [-0.2, -0.15) is 0 Å². The van der Waals surface area contributed by atoms with E-state index in [1.54, 1.807) is 7.11 Å². The highest BCUT2D eigenvalue weighted by Crippen LogP contribution is 2.27. The van der Waals surface area contributed by atoms with Gasteiger partial charge in [0.15, 0.2) is 0 Å². The molecule has 2 atom stereocenters. The topological polar surface area (TPSA) is 50.4 Å². The van der Waals surface area contributed by atoms with E-state index in [9.17, 15) is 4.79 Å². The number of carbonyl (C=O) groups is 1. The van der Waals surface area contributed by atoms with Gasteiger partial charge >= 0.3 is 0 Å². The SMILES string of the molecule is COC[C@H](C)N[C@@H](C)C(=O)Nc1ccccc1-c1ccccc1. The summed E-state index contributed by atoms with van der Waals surface area (Å²) in [7, 11) is 1.65. The Bertz CT molecular complexity index is 628. The van der Waals surface area contributed by atoms with Crippen molar-refractivity contribution in [3.63, 3.8) is 0 Å². The molecule has 0 heterocycles. The molecule has 0 aliphatic heterocycles. The lowest BCUT2D eigenvalue weighted by molar-refractivity contribution is -0.118. The van der Waals surface area contributed by atoms with Crippen LogP contribution in [0.3, 0.4) is 0 Å². The zero-order valence-corrected chi connectivity index (χ0v) is 13.9. The maximum Gasteiger partial charge on any atom is 0.241 e.